The second kappa shape index (κ2) is 4.67. The molecular weight excluding hydrogens is 155 g/mol. The molecule has 0 spiro atoms. The molecule has 0 N–H and O–H groups in total. The first-order chi connectivity index (χ1) is 3.73. The van der Waals surface area contributed by atoms with Crippen LogP contribution in [0.4, 0.5) is 0 Å². The topological polar surface area (TPSA) is 149 Å². The summed E-state index contributed by atoms with van der Waals surface area (Å²) >= 11 is 0. The zero-order valence-electron chi connectivity index (χ0n) is 3.84. The second-order valence-electron chi connectivity index (χ2n) is 0.697. The van der Waals surface area contributed by atoms with Crippen LogP contribution in [0.3, 0.4) is 0 Å². The fraction of sp³-hybridized carbons (Fsp3) is 0. The number of hydrogen-bond donors (Lipinski definition) is 0. The van der Waals surface area contributed by atoms with E-state index in [1.807, 2.05) is 0 Å². The van der Waals surface area contributed by atoms with Crippen molar-refractivity contribution < 1.29 is 32.6 Å². The Kier molecular flexibility index (Phi) is 6.02. The van der Waals surface area contributed by atoms with Crippen LogP contribution < -0.4 is 15.1 Å². The predicted molar refractivity (Wildman–Crippen MR) is 16.2 cm³/mol. The van der Waals surface area contributed by atoms with Crippen molar-refractivity contribution in [1.82, 2.24) is 0 Å². The van der Waals surface area contributed by atoms with Crippen molar-refractivity contribution >= 4 is 17.7 Å². The van der Waals surface area contributed by atoms with Gasteiger partial charge in [-0.15, -0.1) is 0 Å². The SMILES string of the molecule is O=S(=O)([O-])[O-].[O-]B([O-])[O-]. The highest BCUT2D eigenvalue weighted by atomic mass is 32.3. The molecule has 0 radical (unpaired) electrons. The Hall–Kier alpha value is -0.185. The van der Waals surface area contributed by atoms with Gasteiger partial charge in [0.15, 0.2) is 0 Å². The normalized spacial score (nSPS) is 9.44. The van der Waals surface area contributed by atoms with Crippen LogP contribution in [0.5, 0.6) is 0 Å². The van der Waals surface area contributed by atoms with Crippen LogP contribution in [0.1, 0.15) is 0 Å². The van der Waals surface area contributed by atoms with E-state index in [9.17, 15) is 0 Å². The molecule has 0 bridgehead atoms. The van der Waals surface area contributed by atoms with E-state index in [0.29, 0.717) is 0 Å². The lowest BCUT2D eigenvalue weighted by Gasteiger charge is -2.35. The summed E-state index contributed by atoms with van der Waals surface area (Å²) in [5, 5.41) is 25.2. The van der Waals surface area contributed by atoms with Gasteiger partial charge in [-0.3, -0.25) is 15.7 Å². The molecule has 56 valence electrons. The second-order valence-corrected chi connectivity index (χ2v) is 1.51. The summed E-state index contributed by atoms with van der Waals surface area (Å²) in [4.78, 5) is 0. The van der Waals surface area contributed by atoms with E-state index in [-0.39, 0.29) is 0 Å². The fourth-order valence-corrected chi connectivity index (χ4v) is 0. The molecule has 9 heavy (non-hydrogen) atoms. The lowest BCUT2D eigenvalue weighted by molar-refractivity contribution is -0.479. The van der Waals surface area contributed by atoms with Gasteiger partial charge in [-0.25, -0.2) is 0 Å². The molecule has 0 aliphatic heterocycles. The van der Waals surface area contributed by atoms with Crippen molar-refractivity contribution in [3.63, 3.8) is 0 Å². The minimum absolute atomic E-state index is 2.92. The largest absolute Gasteiger partial charge is 0.907 e. The van der Waals surface area contributed by atoms with Crippen molar-refractivity contribution in [2.75, 3.05) is 0 Å². The fourth-order valence-electron chi connectivity index (χ4n) is 0. The average molecular weight is 155 g/mol. The molecule has 0 fully saturated rings. The predicted octanol–water partition coefficient (Wildman–Crippen LogP) is -5.29. The first-order valence-corrected chi connectivity index (χ1v) is 2.71. The van der Waals surface area contributed by atoms with Crippen LogP contribution >= 0.6 is 0 Å². The van der Waals surface area contributed by atoms with E-state index in [1.165, 1.54) is 0 Å². The van der Waals surface area contributed by atoms with Gasteiger partial charge in [0.25, 0.3) is 0 Å². The molecule has 0 aromatic rings. The molecule has 0 heterocycles. The van der Waals surface area contributed by atoms with Gasteiger partial charge in [-0.05, 0) is 0 Å². The Bertz CT molecular complexity index is 120. The highest BCUT2D eigenvalue weighted by molar-refractivity contribution is 7.79. The molecular formula is BO7S-5. The van der Waals surface area contributed by atoms with Gasteiger partial charge in [-0.1, -0.05) is 0 Å². The van der Waals surface area contributed by atoms with E-state index in [2.05, 4.69) is 0 Å². The summed E-state index contributed by atoms with van der Waals surface area (Å²) < 4.78 is 34.1. The van der Waals surface area contributed by atoms with Crippen molar-refractivity contribution in [2.45, 2.75) is 0 Å². The highest BCUT2D eigenvalue weighted by Crippen LogP contribution is 1.57. The van der Waals surface area contributed by atoms with E-state index in [0.717, 1.165) is 0 Å². The molecule has 0 rings (SSSR count). The van der Waals surface area contributed by atoms with Crippen LogP contribution in [-0.4, -0.2) is 24.8 Å². The maximum Gasteiger partial charge on any atom is 0.0311 e. The van der Waals surface area contributed by atoms with E-state index in [4.69, 9.17) is 32.6 Å². The molecule has 0 unspecified atom stereocenters. The summed E-state index contributed by atoms with van der Waals surface area (Å²) in [5.74, 6) is 0. The van der Waals surface area contributed by atoms with Crippen LogP contribution in [-0.2, 0) is 10.4 Å². The Morgan fingerprint density at radius 3 is 1.00 bits per heavy atom. The molecule has 0 atom stereocenters. The Balaban J connectivity index is 0. The summed E-state index contributed by atoms with van der Waals surface area (Å²) in [6.45, 7) is 0. The van der Waals surface area contributed by atoms with Crippen LogP contribution in [0, 0.1) is 0 Å². The third-order valence-electron chi connectivity index (χ3n) is 0. The Labute approximate surface area is 51.3 Å². The summed E-state index contributed by atoms with van der Waals surface area (Å²) in [7, 11) is -8.08. The maximum absolute atomic E-state index is 8.52. The van der Waals surface area contributed by atoms with Crippen molar-refractivity contribution in [3.05, 3.63) is 0 Å². The smallest absolute Gasteiger partial charge is 0.0311 e. The van der Waals surface area contributed by atoms with E-state index >= 15 is 0 Å². The van der Waals surface area contributed by atoms with Crippen LogP contribution in [0.2, 0.25) is 0 Å². The number of rotatable bonds is 0. The maximum atomic E-state index is 8.52. The van der Waals surface area contributed by atoms with Crippen molar-refractivity contribution in [2.24, 2.45) is 0 Å². The van der Waals surface area contributed by atoms with E-state index in [1.54, 1.807) is 0 Å². The van der Waals surface area contributed by atoms with Gasteiger partial charge in [0, 0.05) is 10.4 Å². The Morgan fingerprint density at radius 1 is 1.00 bits per heavy atom. The molecule has 0 aromatic heterocycles. The highest BCUT2D eigenvalue weighted by Gasteiger charge is 1.49. The lowest BCUT2D eigenvalue weighted by atomic mass is 10.3. The van der Waals surface area contributed by atoms with Crippen LogP contribution in [0.15, 0.2) is 0 Å². The third-order valence-corrected chi connectivity index (χ3v) is 0. The van der Waals surface area contributed by atoms with Gasteiger partial charge in [0.2, 0.25) is 0 Å². The minimum atomic E-state index is -5.17. The molecule has 0 aliphatic carbocycles. The third kappa shape index (κ3) is 7720. The lowest BCUT2D eigenvalue weighted by Crippen LogP contribution is -2.56. The molecule has 0 aromatic carbocycles. The molecule has 7 nitrogen and oxygen atoms in total. The standard InChI is InChI=1S/BO3.H2O4S/c2-1(3)4;1-5(2,3)4/h;(H2,1,2,3,4)/q-3;/p-2. The number of hydrogen-bond acceptors (Lipinski definition) is 7. The summed E-state index contributed by atoms with van der Waals surface area (Å²) in [6.07, 6.45) is 0. The molecule has 0 saturated carbocycles. The van der Waals surface area contributed by atoms with Crippen molar-refractivity contribution in [3.8, 4) is 0 Å². The first-order valence-electron chi connectivity index (χ1n) is 1.37. The van der Waals surface area contributed by atoms with Crippen LogP contribution in [0.25, 0.3) is 0 Å². The molecule has 0 amide bonds. The Morgan fingerprint density at radius 2 is 1.00 bits per heavy atom. The minimum Gasteiger partial charge on any atom is -0.907 e. The van der Waals surface area contributed by atoms with Gasteiger partial charge in [0.05, 0.1) is 0 Å². The van der Waals surface area contributed by atoms with Gasteiger partial charge in [0.1, 0.15) is 0 Å². The summed E-state index contributed by atoms with van der Waals surface area (Å²) in [5.41, 5.74) is 0. The monoisotopic (exact) mass is 155 g/mol. The van der Waals surface area contributed by atoms with Gasteiger partial charge >= 0.3 is 0 Å². The van der Waals surface area contributed by atoms with Gasteiger partial charge < -0.3 is 24.2 Å². The average Bonchev–Trinajstić information content (AvgIpc) is 1.19. The van der Waals surface area contributed by atoms with E-state index < -0.39 is 17.7 Å². The zero-order valence-corrected chi connectivity index (χ0v) is 4.66. The summed E-state index contributed by atoms with van der Waals surface area (Å²) in [6, 6.07) is 0. The molecule has 9 heteroatoms. The zero-order chi connectivity index (χ0) is 8.08. The van der Waals surface area contributed by atoms with Crippen molar-refractivity contribution in [1.29, 1.82) is 0 Å². The molecule has 0 aliphatic rings. The quantitative estimate of drug-likeness (QED) is 0.192. The molecule has 0 saturated heterocycles. The first kappa shape index (κ1) is 11.6. The van der Waals surface area contributed by atoms with Gasteiger partial charge in [-0.2, -0.15) is 0 Å².